The lowest BCUT2D eigenvalue weighted by atomic mass is 9.65. The lowest BCUT2D eigenvalue weighted by Crippen LogP contribution is -2.61. The Labute approximate surface area is 257 Å². The Bertz CT molecular complexity index is 1290. The average molecular weight is 589 g/mol. The molecule has 1 aromatic heterocycles. The molecular weight excluding hydrogens is 536 g/mol. The van der Waals surface area contributed by atoms with E-state index in [0.29, 0.717) is 36.6 Å². The van der Waals surface area contributed by atoms with Crippen LogP contribution in [0.3, 0.4) is 0 Å². The monoisotopic (exact) mass is 588 g/mol. The van der Waals surface area contributed by atoms with Gasteiger partial charge in [-0.2, -0.15) is 0 Å². The zero-order chi connectivity index (χ0) is 29.9. The number of rotatable bonds is 8. The summed E-state index contributed by atoms with van der Waals surface area (Å²) < 4.78 is 1.66. The molecule has 7 heteroatoms. The summed E-state index contributed by atoms with van der Waals surface area (Å²) in [6, 6.07) is 11.4. The summed E-state index contributed by atoms with van der Waals surface area (Å²) in [5.74, 6) is 1.51. The molecule has 0 bridgehead atoms. The highest BCUT2D eigenvalue weighted by Crippen LogP contribution is 2.51. The van der Waals surface area contributed by atoms with Crippen LogP contribution in [0.15, 0.2) is 47.4 Å². The Balaban J connectivity index is 1.24. The number of piperidine rings is 1. The molecule has 2 aliphatic heterocycles. The fourth-order valence-corrected chi connectivity index (χ4v) is 8.89. The number of carbonyl (C=O) groups excluding carboxylic acids is 1. The van der Waals surface area contributed by atoms with Gasteiger partial charge in [-0.25, -0.2) is 0 Å². The number of pyridine rings is 1. The minimum Gasteiger partial charge on any atom is -0.387 e. The van der Waals surface area contributed by atoms with Crippen molar-refractivity contribution in [2.24, 2.45) is 17.3 Å². The lowest BCUT2D eigenvalue weighted by Gasteiger charge is -2.53. The number of likely N-dealkylation sites (tertiary alicyclic amines) is 1. The van der Waals surface area contributed by atoms with E-state index in [1.165, 1.54) is 38.5 Å². The van der Waals surface area contributed by atoms with Gasteiger partial charge in [0.2, 0.25) is 0 Å². The van der Waals surface area contributed by atoms with Gasteiger partial charge in [0.25, 0.3) is 11.5 Å². The van der Waals surface area contributed by atoms with Crippen LogP contribution in [0.2, 0.25) is 0 Å². The van der Waals surface area contributed by atoms with E-state index < -0.39 is 5.60 Å². The van der Waals surface area contributed by atoms with Gasteiger partial charge in [0.1, 0.15) is 0 Å². The molecule has 2 aliphatic carbocycles. The number of aliphatic hydroxyl groups is 1. The first kappa shape index (κ1) is 30.5. The molecule has 7 nitrogen and oxygen atoms in total. The first-order valence-electron chi connectivity index (χ1n) is 17.1. The molecule has 2 saturated heterocycles. The first-order valence-corrected chi connectivity index (χ1v) is 17.1. The smallest absolute Gasteiger partial charge is 0.256 e. The van der Waals surface area contributed by atoms with Crippen LogP contribution in [0.4, 0.5) is 0 Å². The topological polar surface area (TPSA) is 77.8 Å². The third-order valence-corrected chi connectivity index (χ3v) is 11.2. The molecule has 2 aromatic rings. The Morgan fingerprint density at radius 1 is 1.00 bits per heavy atom. The van der Waals surface area contributed by atoms with Crippen molar-refractivity contribution >= 4 is 5.91 Å². The van der Waals surface area contributed by atoms with Crippen LogP contribution in [0.1, 0.15) is 87.9 Å². The third-order valence-electron chi connectivity index (χ3n) is 11.2. The van der Waals surface area contributed by atoms with Gasteiger partial charge in [0.15, 0.2) is 0 Å². The molecule has 234 valence electrons. The maximum Gasteiger partial charge on any atom is 0.256 e. The van der Waals surface area contributed by atoms with Gasteiger partial charge >= 0.3 is 0 Å². The molecule has 1 spiro atoms. The van der Waals surface area contributed by atoms with Crippen molar-refractivity contribution in [1.82, 2.24) is 19.7 Å². The molecule has 1 amide bonds. The number of nitrogens with zero attached hydrogens (tertiary/aromatic N) is 3. The highest BCUT2D eigenvalue weighted by atomic mass is 16.3. The van der Waals surface area contributed by atoms with Gasteiger partial charge in [-0.3, -0.25) is 9.59 Å². The van der Waals surface area contributed by atoms with Crippen molar-refractivity contribution in [2.75, 3.05) is 45.8 Å². The molecule has 2 atom stereocenters. The van der Waals surface area contributed by atoms with Crippen LogP contribution in [-0.2, 0) is 6.54 Å². The molecular formula is C36H52N4O3. The number of nitrogens with one attached hydrogen (secondary N) is 1. The summed E-state index contributed by atoms with van der Waals surface area (Å²) in [6.45, 7) is 8.36. The summed E-state index contributed by atoms with van der Waals surface area (Å²) in [6.07, 6.45) is 15.0. The van der Waals surface area contributed by atoms with Crippen LogP contribution in [0, 0.1) is 17.3 Å². The largest absolute Gasteiger partial charge is 0.387 e. The standard InChI is InChI=1S/C36H52N4O3/c1-28(22-29-10-4-2-5-11-29)24-38-19-16-36(43,35(26-38)14-8-9-15-35)27-40-25-32(34(42)39-20-17-37-18-21-39)31(23-33(40)41)30-12-6-3-7-13-30/h3,6-7,12-13,23,25,28-29,37,43H,2,4-5,8-11,14-22,24,26-27H2,1H3/t28-,36-/m1/s1. The van der Waals surface area contributed by atoms with Gasteiger partial charge in [0.05, 0.1) is 17.7 Å². The van der Waals surface area contributed by atoms with Crippen molar-refractivity contribution in [3.8, 4) is 11.1 Å². The predicted octanol–water partition coefficient (Wildman–Crippen LogP) is 5.16. The number of benzene rings is 1. The SMILES string of the molecule is C[C@H](CC1CCCCC1)CN1CC[C@@](O)(Cn2cc(C(=O)N3CCNCC3)c(-c3ccccc3)cc2=O)C2(CCCC2)C1. The minimum atomic E-state index is -0.972. The van der Waals surface area contributed by atoms with Crippen molar-refractivity contribution in [1.29, 1.82) is 0 Å². The Hall–Kier alpha value is -2.48. The van der Waals surface area contributed by atoms with Crippen LogP contribution < -0.4 is 10.9 Å². The second-order valence-electron chi connectivity index (χ2n) is 14.3. The van der Waals surface area contributed by atoms with Gasteiger partial charge in [-0.05, 0) is 43.1 Å². The number of hydrogen-bond donors (Lipinski definition) is 2. The van der Waals surface area contributed by atoms with Crippen LogP contribution in [-0.4, -0.2) is 76.8 Å². The van der Waals surface area contributed by atoms with Crippen molar-refractivity contribution in [2.45, 2.75) is 89.7 Å². The normalized spacial score (nSPS) is 25.7. The molecule has 0 unspecified atom stereocenters. The fraction of sp³-hybridized carbons (Fsp3) is 0.667. The maximum absolute atomic E-state index is 13.9. The highest BCUT2D eigenvalue weighted by molar-refractivity contribution is 6.00. The van der Waals surface area contributed by atoms with E-state index in [2.05, 4.69) is 17.1 Å². The maximum atomic E-state index is 13.9. The zero-order valence-corrected chi connectivity index (χ0v) is 26.2. The molecule has 0 radical (unpaired) electrons. The Morgan fingerprint density at radius 2 is 1.72 bits per heavy atom. The Kier molecular flexibility index (Phi) is 9.41. The molecule has 1 aromatic carbocycles. The second kappa shape index (κ2) is 13.3. The molecule has 4 aliphatic rings. The van der Waals surface area contributed by atoms with Crippen molar-refractivity contribution in [3.63, 3.8) is 0 Å². The van der Waals surface area contributed by atoms with Gasteiger partial charge in [-0.15, -0.1) is 0 Å². The minimum absolute atomic E-state index is 0.0431. The average Bonchev–Trinajstić information content (AvgIpc) is 3.51. The lowest BCUT2D eigenvalue weighted by molar-refractivity contribution is -0.144. The second-order valence-corrected chi connectivity index (χ2v) is 14.3. The van der Waals surface area contributed by atoms with Crippen LogP contribution >= 0.6 is 0 Å². The molecule has 43 heavy (non-hydrogen) atoms. The number of aromatic nitrogens is 1. The van der Waals surface area contributed by atoms with Gasteiger partial charge in [0, 0.05) is 69.1 Å². The van der Waals surface area contributed by atoms with E-state index >= 15 is 0 Å². The summed E-state index contributed by atoms with van der Waals surface area (Å²) >= 11 is 0. The molecule has 2 saturated carbocycles. The molecule has 3 heterocycles. The van der Waals surface area contributed by atoms with Gasteiger partial charge in [-0.1, -0.05) is 82.2 Å². The molecule has 6 rings (SSSR count). The highest BCUT2D eigenvalue weighted by Gasteiger charge is 2.55. The van der Waals surface area contributed by atoms with Crippen molar-refractivity contribution < 1.29 is 9.90 Å². The van der Waals surface area contributed by atoms with Crippen molar-refractivity contribution in [3.05, 3.63) is 58.5 Å². The van der Waals surface area contributed by atoms with Crippen LogP contribution in [0.25, 0.3) is 11.1 Å². The first-order chi connectivity index (χ1) is 20.9. The third kappa shape index (κ3) is 6.64. The molecule has 2 N–H and O–H groups in total. The predicted molar refractivity (Wildman–Crippen MR) is 172 cm³/mol. The number of piperazine rings is 1. The number of amides is 1. The summed E-state index contributed by atoms with van der Waals surface area (Å²) in [5, 5.41) is 15.8. The van der Waals surface area contributed by atoms with E-state index in [4.69, 9.17) is 0 Å². The zero-order valence-electron chi connectivity index (χ0n) is 26.2. The number of carbonyl (C=O) groups is 1. The fourth-order valence-electron chi connectivity index (χ4n) is 8.89. The quantitative estimate of drug-likeness (QED) is 0.445. The number of hydrogen-bond acceptors (Lipinski definition) is 5. The van der Waals surface area contributed by atoms with E-state index in [0.717, 1.165) is 69.9 Å². The van der Waals surface area contributed by atoms with E-state index in [9.17, 15) is 14.7 Å². The van der Waals surface area contributed by atoms with Gasteiger partial charge < -0.3 is 24.8 Å². The van der Waals surface area contributed by atoms with Crippen LogP contribution in [0.5, 0.6) is 0 Å². The molecule has 4 fully saturated rings. The summed E-state index contributed by atoms with van der Waals surface area (Å²) in [7, 11) is 0. The van der Waals surface area contributed by atoms with E-state index in [-0.39, 0.29) is 23.4 Å². The summed E-state index contributed by atoms with van der Waals surface area (Å²) in [4.78, 5) is 32.1. The summed E-state index contributed by atoms with van der Waals surface area (Å²) in [5.41, 5.74) is 0.754. The van der Waals surface area contributed by atoms with E-state index in [1.807, 2.05) is 35.2 Å². The van der Waals surface area contributed by atoms with E-state index in [1.54, 1.807) is 16.8 Å². The Morgan fingerprint density at radius 3 is 2.44 bits per heavy atom.